The highest BCUT2D eigenvalue weighted by molar-refractivity contribution is 5.61. The average Bonchev–Trinajstić information content (AvgIpc) is 3.06. The number of hydrogen-bond acceptors (Lipinski definition) is 4. The van der Waals surface area contributed by atoms with Crippen molar-refractivity contribution in [1.82, 2.24) is 0 Å². The molecule has 3 aromatic rings. The van der Waals surface area contributed by atoms with Crippen molar-refractivity contribution in [3.05, 3.63) is 160 Å². The van der Waals surface area contributed by atoms with Crippen LogP contribution in [-0.2, 0) is 16.1 Å². The smallest absolute Gasteiger partial charge is 0.129 e. The highest BCUT2D eigenvalue weighted by Gasteiger charge is 2.06. The Hall–Kier alpha value is -4.96. The normalized spacial score (nSPS) is 15.9. The lowest BCUT2D eigenvalue weighted by Gasteiger charge is -2.12. The molecule has 0 bridgehead atoms. The fourth-order valence-corrected chi connectivity index (χ4v) is 4.66. The summed E-state index contributed by atoms with van der Waals surface area (Å²) in [6.07, 6.45) is 20.6. The molecule has 0 spiro atoms. The molecular weight excluding hydrogens is 556 g/mol. The number of aryl methyl sites for hydroxylation is 3. The fraction of sp³-hybridized carbons (Fsp3) is 0.220. The molecule has 4 aliphatic rings. The lowest BCUT2D eigenvalue weighted by Crippen LogP contribution is -1.99. The third-order valence-corrected chi connectivity index (χ3v) is 7.30. The van der Waals surface area contributed by atoms with Gasteiger partial charge in [-0.15, -0.1) is 0 Å². The Labute approximate surface area is 269 Å². The Morgan fingerprint density at radius 1 is 0.711 bits per heavy atom. The number of ether oxygens (including phenoxy) is 4. The van der Waals surface area contributed by atoms with E-state index in [9.17, 15) is 0 Å². The molecule has 0 saturated heterocycles. The standard InChI is InChI=1S/C11H14O.3C10H10O/c1-4-9(2)8-11-10(3)6-5-7-12-11;1-8-2-3-9-4-5-11-7-10(9)6-8;1-8-4-5-10-9(7-8)3-2-6-11-10;1-8-4-5-9-3-2-6-11-10(9)7-8/h4-5,7-8H,3,6H2,1-2H3;2-6H,7H2,1H3;2*2-5,7H,6H2,1H3/b9-4-,11-8+;;;. The lowest BCUT2D eigenvalue weighted by atomic mass is 10.0. The predicted molar refractivity (Wildman–Crippen MR) is 188 cm³/mol. The van der Waals surface area contributed by atoms with E-state index in [0.29, 0.717) is 19.8 Å². The van der Waals surface area contributed by atoms with Gasteiger partial charge < -0.3 is 18.9 Å². The summed E-state index contributed by atoms with van der Waals surface area (Å²) in [5.41, 5.74) is 11.0. The van der Waals surface area contributed by atoms with Gasteiger partial charge in [0.15, 0.2) is 0 Å². The van der Waals surface area contributed by atoms with Crippen LogP contribution < -0.4 is 9.47 Å². The molecule has 0 N–H and O–H groups in total. The first-order chi connectivity index (χ1) is 21.8. The van der Waals surface area contributed by atoms with Crippen LogP contribution in [0.25, 0.3) is 18.2 Å². The Morgan fingerprint density at radius 2 is 1.38 bits per heavy atom. The molecule has 0 aromatic heterocycles. The predicted octanol–water partition coefficient (Wildman–Crippen LogP) is 10.6. The molecule has 4 heteroatoms. The van der Waals surface area contributed by atoms with Crippen LogP contribution in [0.2, 0.25) is 0 Å². The minimum absolute atomic E-state index is 0.704. The van der Waals surface area contributed by atoms with Crippen LogP contribution in [0.4, 0.5) is 0 Å². The summed E-state index contributed by atoms with van der Waals surface area (Å²) < 4.78 is 21.3. The van der Waals surface area contributed by atoms with E-state index in [0.717, 1.165) is 29.3 Å². The molecule has 0 amide bonds. The van der Waals surface area contributed by atoms with E-state index in [1.165, 1.54) is 44.5 Å². The summed E-state index contributed by atoms with van der Waals surface area (Å²) in [5.74, 6) is 2.89. The van der Waals surface area contributed by atoms with Crippen LogP contribution in [0.15, 0.2) is 121 Å². The lowest BCUT2D eigenvalue weighted by molar-refractivity contribution is 0.234. The second-order valence-corrected chi connectivity index (χ2v) is 11.2. The molecule has 4 aliphatic heterocycles. The monoisotopic (exact) mass is 600 g/mol. The van der Waals surface area contributed by atoms with E-state index in [1.54, 1.807) is 12.5 Å². The molecule has 3 aromatic carbocycles. The summed E-state index contributed by atoms with van der Waals surface area (Å²) in [5, 5.41) is 0. The van der Waals surface area contributed by atoms with Crippen molar-refractivity contribution in [2.24, 2.45) is 0 Å². The topological polar surface area (TPSA) is 36.9 Å². The molecule has 0 atom stereocenters. The minimum Gasteiger partial charge on any atom is -0.496 e. The zero-order chi connectivity index (χ0) is 32.0. The van der Waals surface area contributed by atoms with E-state index >= 15 is 0 Å². The van der Waals surface area contributed by atoms with Gasteiger partial charge in [-0.3, -0.25) is 0 Å². The minimum atomic E-state index is 0.704. The first-order valence-electron chi connectivity index (χ1n) is 15.3. The van der Waals surface area contributed by atoms with Crippen molar-refractivity contribution in [2.75, 3.05) is 13.2 Å². The van der Waals surface area contributed by atoms with Gasteiger partial charge in [0.2, 0.25) is 0 Å². The summed E-state index contributed by atoms with van der Waals surface area (Å²) in [7, 11) is 0. The van der Waals surface area contributed by atoms with Gasteiger partial charge in [0.1, 0.15) is 37.1 Å². The third-order valence-electron chi connectivity index (χ3n) is 7.30. The van der Waals surface area contributed by atoms with E-state index in [4.69, 9.17) is 18.9 Å². The van der Waals surface area contributed by atoms with Crippen molar-refractivity contribution in [3.63, 3.8) is 0 Å². The van der Waals surface area contributed by atoms with Crippen LogP contribution >= 0.6 is 0 Å². The van der Waals surface area contributed by atoms with E-state index in [-0.39, 0.29) is 0 Å². The van der Waals surface area contributed by atoms with Crippen LogP contribution in [-0.4, -0.2) is 13.2 Å². The van der Waals surface area contributed by atoms with Crippen LogP contribution in [0.3, 0.4) is 0 Å². The third kappa shape index (κ3) is 10.3. The van der Waals surface area contributed by atoms with Gasteiger partial charge in [-0.2, -0.15) is 0 Å². The second-order valence-electron chi connectivity index (χ2n) is 11.2. The summed E-state index contributed by atoms with van der Waals surface area (Å²) in [6, 6.07) is 18.9. The summed E-state index contributed by atoms with van der Waals surface area (Å²) in [6.45, 7) is 16.3. The number of benzene rings is 3. The largest absolute Gasteiger partial charge is 0.496 e. The van der Waals surface area contributed by atoms with Crippen molar-refractivity contribution >= 4 is 18.2 Å². The van der Waals surface area contributed by atoms with Crippen molar-refractivity contribution in [1.29, 1.82) is 0 Å². The number of allylic oxidation sites excluding steroid dienone is 5. The summed E-state index contributed by atoms with van der Waals surface area (Å²) in [4.78, 5) is 0. The van der Waals surface area contributed by atoms with Gasteiger partial charge in [0.05, 0.1) is 12.5 Å². The van der Waals surface area contributed by atoms with Crippen LogP contribution in [0.1, 0.15) is 59.2 Å². The molecule has 45 heavy (non-hydrogen) atoms. The zero-order valence-electron chi connectivity index (χ0n) is 27.1. The number of fused-ring (bicyclic) bond motifs is 3. The van der Waals surface area contributed by atoms with Crippen LogP contribution in [0, 0.1) is 20.8 Å². The van der Waals surface area contributed by atoms with Crippen molar-refractivity contribution in [2.45, 2.75) is 47.6 Å². The molecule has 232 valence electrons. The Bertz CT molecular complexity index is 1600. The molecule has 4 heterocycles. The maximum atomic E-state index is 5.42. The molecule has 7 rings (SSSR count). The molecular formula is C41H44O4. The zero-order valence-corrected chi connectivity index (χ0v) is 27.1. The SMILES string of the molecule is C=C1CC=CO/C1=C/C(C)=C\C.Cc1ccc2c(c1)C=CCO2.Cc1ccc2c(c1)COC=C2.Cc1ccc2c(c1)OCC=C2. The molecule has 0 saturated carbocycles. The number of hydrogen-bond donors (Lipinski definition) is 0. The van der Waals surface area contributed by atoms with Gasteiger partial charge >= 0.3 is 0 Å². The molecule has 0 fully saturated rings. The van der Waals surface area contributed by atoms with Gasteiger partial charge in [0, 0.05) is 11.1 Å². The fourth-order valence-electron chi connectivity index (χ4n) is 4.66. The van der Waals surface area contributed by atoms with Crippen molar-refractivity contribution in [3.8, 4) is 11.5 Å². The van der Waals surface area contributed by atoms with Crippen molar-refractivity contribution < 1.29 is 18.9 Å². The average molecular weight is 601 g/mol. The number of rotatable bonds is 1. The Morgan fingerprint density at radius 3 is 2.13 bits per heavy atom. The molecule has 4 nitrogen and oxygen atoms in total. The van der Waals surface area contributed by atoms with E-state index < -0.39 is 0 Å². The van der Waals surface area contributed by atoms with E-state index in [2.05, 4.69) is 88.0 Å². The molecule has 0 unspecified atom stereocenters. The first-order valence-corrected chi connectivity index (χ1v) is 15.3. The summed E-state index contributed by atoms with van der Waals surface area (Å²) >= 11 is 0. The maximum absolute atomic E-state index is 5.42. The van der Waals surface area contributed by atoms with Gasteiger partial charge in [0.25, 0.3) is 0 Å². The molecule has 0 aliphatic carbocycles. The van der Waals surface area contributed by atoms with E-state index in [1.807, 2.05) is 56.4 Å². The van der Waals surface area contributed by atoms with Gasteiger partial charge in [-0.25, -0.2) is 0 Å². The van der Waals surface area contributed by atoms with Gasteiger partial charge in [-0.1, -0.05) is 77.9 Å². The maximum Gasteiger partial charge on any atom is 0.129 e. The highest BCUT2D eigenvalue weighted by atomic mass is 16.5. The Kier molecular flexibility index (Phi) is 12.3. The Balaban J connectivity index is 0.000000137. The first kappa shape index (κ1) is 32.9. The van der Waals surface area contributed by atoms with Gasteiger partial charge in [-0.05, 0) is 112 Å². The second kappa shape index (κ2) is 16.8. The molecule has 0 radical (unpaired) electrons. The highest BCUT2D eigenvalue weighted by Crippen LogP contribution is 2.25. The van der Waals surface area contributed by atoms with Crippen LogP contribution in [0.5, 0.6) is 11.5 Å². The quantitative estimate of drug-likeness (QED) is 0.278.